The molecule has 4 aromatic heterocycles. The molecule has 0 amide bonds. The molecule has 5 aromatic rings. The lowest BCUT2D eigenvalue weighted by molar-refractivity contribution is 0.00423. The molecule has 0 bridgehead atoms. The highest BCUT2D eigenvalue weighted by Crippen LogP contribution is 2.51. The maximum absolute atomic E-state index is 13.2. The van der Waals surface area contributed by atoms with Gasteiger partial charge in [-0.2, -0.15) is 4.98 Å². The van der Waals surface area contributed by atoms with Gasteiger partial charge in [-0.1, -0.05) is 15.9 Å². The Hall–Kier alpha value is -4.42. The average Bonchev–Trinajstić information content (AvgIpc) is 3.57. The molecule has 12 heteroatoms. The molecule has 0 aliphatic carbocycles. The second-order valence-corrected chi connectivity index (χ2v) is 10.6. The van der Waals surface area contributed by atoms with Gasteiger partial charge in [0.2, 0.25) is 17.6 Å². The molecule has 11 nitrogen and oxygen atoms in total. The molecular weight excluding hydrogens is 618 g/mol. The van der Waals surface area contributed by atoms with Crippen LogP contribution in [0.2, 0.25) is 0 Å². The molecule has 0 fully saturated rings. The zero-order chi connectivity index (χ0) is 30.6. The van der Waals surface area contributed by atoms with Gasteiger partial charge in [-0.05, 0) is 42.3 Å². The van der Waals surface area contributed by atoms with Crippen molar-refractivity contribution in [3.8, 4) is 29.3 Å². The molecule has 0 radical (unpaired) electrons. The van der Waals surface area contributed by atoms with Crippen LogP contribution in [0, 0.1) is 0 Å². The summed E-state index contributed by atoms with van der Waals surface area (Å²) in [6.07, 6.45) is 7.08. The highest BCUT2D eigenvalue weighted by molar-refractivity contribution is 9.10. The molecule has 0 aliphatic heterocycles. The molecule has 0 saturated heterocycles. The van der Waals surface area contributed by atoms with Gasteiger partial charge in [0.25, 0.3) is 5.88 Å². The number of pyridine rings is 3. The van der Waals surface area contributed by atoms with E-state index in [4.69, 9.17) is 28.7 Å². The van der Waals surface area contributed by atoms with Gasteiger partial charge in [-0.15, -0.1) is 0 Å². The van der Waals surface area contributed by atoms with E-state index in [0.717, 1.165) is 15.4 Å². The Balaban J connectivity index is 1.87. The summed E-state index contributed by atoms with van der Waals surface area (Å²) in [6.45, 7) is 0.416. The third-order valence-electron chi connectivity index (χ3n) is 7.37. The van der Waals surface area contributed by atoms with Gasteiger partial charge < -0.3 is 33.4 Å². The van der Waals surface area contributed by atoms with E-state index in [1.165, 1.54) is 28.4 Å². The lowest BCUT2D eigenvalue weighted by atomic mass is 9.71. The van der Waals surface area contributed by atoms with Gasteiger partial charge in [0.15, 0.2) is 5.75 Å². The number of methoxy groups -OCH3 is 5. The van der Waals surface area contributed by atoms with Crippen molar-refractivity contribution in [2.45, 2.75) is 24.5 Å². The molecule has 0 saturated carbocycles. The first-order valence-corrected chi connectivity index (χ1v) is 14.1. The van der Waals surface area contributed by atoms with E-state index in [1.54, 1.807) is 44.0 Å². The largest absolute Gasteiger partial charge is 0.491 e. The van der Waals surface area contributed by atoms with Crippen molar-refractivity contribution >= 4 is 26.8 Å². The molecule has 224 valence electrons. The number of aryl methyl sites for hydroxylation is 1. The first-order chi connectivity index (χ1) is 20.8. The van der Waals surface area contributed by atoms with E-state index >= 15 is 0 Å². The number of hydrogen-bond donors (Lipinski definition) is 1. The van der Waals surface area contributed by atoms with Gasteiger partial charge in [0.05, 0.1) is 53.3 Å². The SMILES string of the molecule is COc1cc(C(O)(CCn2ccnc2)C(c2cc3cc(Br)ccc3nc2OC)c2ccnc(OC)c2OC)cc(OC)n1. The maximum atomic E-state index is 13.2. The third-order valence-corrected chi connectivity index (χ3v) is 7.86. The topological polar surface area (TPSA) is 123 Å². The number of imidazole rings is 1. The van der Waals surface area contributed by atoms with E-state index in [1.807, 2.05) is 35.0 Å². The predicted molar refractivity (Wildman–Crippen MR) is 163 cm³/mol. The van der Waals surface area contributed by atoms with Crippen LogP contribution < -0.4 is 23.7 Å². The fourth-order valence-corrected chi connectivity index (χ4v) is 5.71. The van der Waals surface area contributed by atoms with Crippen LogP contribution in [-0.4, -0.2) is 65.2 Å². The smallest absolute Gasteiger partial charge is 0.257 e. The molecule has 2 unspecified atom stereocenters. The summed E-state index contributed by atoms with van der Waals surface area (Å²) in [5, 5.41) is 14.1. The Morgan fingerprint density at radius 1 is 0.837 bits per heavy atom. The molecule has 0 spiro atoms. The number of hydrogen-bond acceptors (Lipinski definition) is 10. The van der Waals surface area contributed by atoms with Crippen molar-refractivity contribution in [2.24, 2.45) is 0 Å². The van der Waals surface area contributed by atoms with E-state index in [0.29, 0.717) is 34.9 Å². The quantitative estimate of drug-likeness (QED) is 0.194. The highest BCUT2D eigenvalue weighted by Gasteiger charge is 2.45. The second-order valence-electron chi connectivity index (χ2n) is 9.71. The van der Waals surface area contributed by atoms with Gasteiger partial charge in [0, 0.05) is 58.3 Å². The summed E-state index contributed by atoms with van der Waals surface area (Å²) in [7, 11) is 7.64. The van der Waals surface area contributed by atoms with Crippen molar-refractivity contribution in [1.82, 2.24) is 24.5 Å². The first kappa shape index (κ1) is 30.1. The first-order valence-electron chi connectivity index (χ1n) is 13.3. The minimum atomic E-state index is -1.65. The summed E-state index contributed by atoms with van der Waals surface area (Å²) in [4.78, 5) is 17.8. The number of ether oxygens (including phenoxy) is 5. The molecule has 0 aliphatic rings. The van der Waals surface area contributed by atoms with Crippen molar-refractivity contribution in [3.05, 3.63) is 88.5 Å². The number of nitrogens with zero attached hydrogens (tertiary/aromatic N) is 5. The van der Waals surface area contributed by atoms with Crippen LogP contribution in [0.5, 0.6) is 29.3 Å². The van der Waals surface area contributed by atoms with Crippen LogP contribution in [-0.2, 0) is 12.1 Å². The zero-order valence-corrected chi connectivity index (χ0v) is 26.0. The fraction of sp³-hybridized carbons (Fsp3) is 0.290. The molecule has 1 aromatic carbocycles. The van der Waals surface area contributed by atoms with Crippen molar-refractivity contribution < 1.29 is 28.8 Å². The number of halogens is 1. The van der Waals surface area contributed by atoms with Crippen LogP contribution in [0.25, 0.3) is 10.9 Å². The Bertz CT molecular complexity index is 1700. The third kappa shape index (κ3) is 5.93. The Labute approximate surface area is 257 Å². The van der Waals surface area contributed by atoms with Gasteiger partial charge >= 0.3 is 0 Å². The van der Waals surface area contributed by atoms with Crippen LogP contribution >= 0.6 is 15.9 Å². The monoisotopic (exact) mass is 649 g/mol. The number of rotatable bonds is 12. The van der Waals surface area contributed by atoms with E-state index in [9.17, 15) is 5.11 Å². The van der Waals surface area contributed by atoms with Crippen LogP contribution in [0.1, 0.15) is 29.0 Å². The summed E-state index contributed by atoms with van der Waals surface area (Å²) in [5.74, 6) is 0.696. The summed E-state index contributed by atoms with van der Waals surface area (Å²) < 4.78 is 31.2. The molecule has 2 atom stereocenters. The number of aromatic nitrogens is 5. The summed E-state index contributed by atoms with van der Waals surface area (Å²) in [5.41, 5.74) is 0.794. The van der Waals surface area contributed by atoms with E-state index in [2.05, 4.69) is 30.9 Å². The summed E-state index contributed by atoms with van der Waals surface area (Å²) in [6, 6.07) is 13.0. The van der Waals surface area contributed by atoms with E-state index in [-0.39, 0.29) is 24.1 Å². The average molecular weight is 651 g/mol. The highest BCUT2D eigenvalue weighted by atomic mass is 79.9. The summed E-state index contributed by atoms with van der Waals surface area (Å²) >= 11 is 3.57. The normalized spacial score (nSPS) is 13.3. The molecule has 43 heavy (non-hydrogen) atoms. The Kier molecular flexibility index (Phi) is 8.97. The number of aliphatic hydroxyl groups is 1. The van der Waals surface area contributed by atoms with Crippen molar-refractivity contribution in [2.75, 3.05) is 35.5 Å². The van der Waals surface area contributed by atoms with Gasteiger partial charge in [-0.3, -0.25) is 0 Å². The molecule has 5 rings (SSSR count). The predicted octanol–water partition coefficient (Wildman–Crippen LogP) is 5.14. The number of fused-ring (bicyclic) bond motifs is 1. The molecular formula is C31H32BrN5O6. The standard InChI is InChI=1S/C31H32BrN5O6/c1-39-25-16-20(17-26(36-25)40-2)31(38,9-12-37-13-11-33-18-37)27(22-8-10-34-30(43-5)28(22)41-3)23-15-19-14-21(32)6-7-24(19)35-29(23)42-4/h6-8,10-11,13-18,27,38H,9,12H2,1-5H3. The van der Waals surface area contributed by atoms with E-state index < -0.39 is 11.5 Å². The lowest BCUT2D eigenvalue weighted by Gasteiger charge is -2.39. The maximum Gasteiger partial charge on any atom is 0.257 e. The lowest BCUT2D eigenvalue weighted by Crippen LogP contribution is -2.36. The van der Waals surface area contributed by atoms with Crippen molar-refractivity contribution in [1.29, 1.82) is 0 Å². The van der Waals surface area contributed by atoms with Crippen LogP contribution in [0.15, 0.2) is 71.9 Å². The van der Waals surface area contributed by atoms with Gasteiger partial charge in [0.1, 0.15) is 5.60 Å². The second kappa shape index (κ2) is 12.8. The van der Waals surface area contributed by atoms with Crippen LogP contribution in [0.4, 0.5) is 0 Å². The molecule has 1 N–H and O–H groups in total. The Morgan fingerprint density at radius 3 is 2.21 bits per heavy atom. The Morgan fingerprint density at radius 2 is 1.58 bits per heavy atom. The molecule has 4 heterocycles. The number of benzene rings is 1. The fourth-order valence-electron chi connectivity index (χ4n) is 5.33. The minimum Gasteiger partial charge on any atom is -0.491 e. The van der Waals surface area contributed by atoms with Gasteiger partial charge in [-0.25, -0.2) is 15.0 Å². The van der Waals surface area contributed by atoms with Crippen LogP contribution in [0.3, 0.4) is 0 Å². The minimum absolute atomic E-state index is 0.220. The zero-order valence-electron chi connectivity index (χ0n) is 24.4. The van der Waals surface area contributed by atoms with Crippen molar-refractivity contribution in [3.63, 3.8) is 0 Å².